The number of nitrogens with zero attached hydrogens (tertiary/aromatic N) is 3. The molecule has 110 valence electrons. The molecule has 6 heteroatoms. The number of aryl methyl sites for hydroxylation is 1. The van der Waals surface area contributed by atoms with E-state index in [1.807, 2.05) is 31.6 Å². The highest BCUT2D eigenvalue weighted by molar-refractivity contribution is 5.94. The van der Waals surface area contributed by atoms with E-state index >= 15 is 0 Å². The molecule has 1 N–H and O–H groups in total. The molecule has 0 spiro atoms. The number of nitrogens with one attached hydrogen (secondary N) is 1. The Bertz CT molecular complexity index is 495. The summed E-state index contributed by atoms with van der Waals surface area (Å²) in [6, 6.07) is -0.391. The van der Waals surface area contributed by atoms with E-state index in [4.69, 9.17) is 0 Å². The van der Waals surface area contributed by atoms with Crippen molar-refractivity contribution in [3.8, 4) is 0 Å². The third-order valence-electron chi connectivity index (χ3n) is 3.37. The van der Waals surface area contributed by atoms with Crippen molar-refractivity contribution in [2.75, 3.05) is 6.54 Å². The van der Waals surface area contributed by atoms with Crippen molar-refractivity contribution < 1.29 is 9.59 Å². The molecule has 0 bridgehead atoms. The number of piperazine rings is 1. The summed E-state index contributed by atoms with van der Waals surface area (Å²) in [5.41, 5.74) is 0.957. The minimum atomic E-state index is -0.391. The molecule has 6 nitrogen and oxygen atoms in total. The lowest BCUT2D eigenvalue weighted by Crippen LogP contribution is -2.57. The Morgan fingerprint density at radius 1 is 1.45 bits per heavy atom. The summed E-state index contributed by atoms with van der Waals surface area (Å²) in [6.07, 6.45) is 4.34. The van der Waals surface area contributed by atoms with Crippen molar-refractivity contribution in [3.05, 3.63) is 18.0 Å². The van der Waals surface area contributed by atoms with Crippen LogP contribution in [0.2, 0.25) is 0 Å². The van der Waals surface area contributed by atoms with E-state index in [-0.39, 0.29) is 18.4 Å². The zero-order valence-electron chi connectivity index (χ0n) is 12.3. The predicted octanol–water partition coefficient (Wildman–Crippen LogP) is 0.776. The van der Waals surface area contributed by atoms with E-state index in [0.29, 0.717) is 18.9 Å². The van der Waals surface area contributed by atoms with Crippen LogP contribution in [0.25, 0.3) is 0 Å². The van der Waals surface area contributed by atoms with E-state index < -0.39 is 6.04 Å². The first kappa shape index (κ1) is 14.6. The quantitative estimate of drug-likeness (QED) is 0.865. The lowest BCUT2D eigenvalue weighted by atomic mass is 10.0. The summed E-state index contributed by atoms with van der Waals surface area (Å²) in [6.45, 7) is 7.47. The summed E-state index contributed by atoms with van der Waals surface area (Å²) >= 11 is 0. The van der Waals surface area contributed by atoms with E-state index in [0.717, 1.165) is 12.1 Å². The van der Waals surface area contributed by atoms with Crippen LogP contribution in [0.15, 0.2) is 12.4 Å². The molecule has 0 aliphatic carbocycles. The van der Waals surface area contributed by atoms with Crippen LogP contribution in [-0.4, -0.2) is 39.1 Å². The van der Waals surface area contributed by atoms with Crippen molar-refractivity contribution in [1.82, 2.24) is 20.0 Å². The molecule has 0 radical (unpaired) electrons. The van der Waals surface area contributed by atoms with Crippen LogP contribution in [0.3, 0.4) is 0 Å². The van der Waals surface area contributed by atoms with Gasteiger partial charge in [0.2, 0.25) is 11.8 Å². The number of rotatable bonds is 5. The number of hydrogen-bond donors (Lipinski definition) is 1. The van der Waals surface area contributed by atoms with Crippen molar-refractivity contribution >= 4 is 11.8 Å². The molecular formula is C14H22N4O2. The lowest BCUT2D eigenvalue weighted by molar-refractivity contribution is -0.145. The summed E-state index contributed by atoms with van der Waals surface area (Å²) < 4.78 is 1.81. The average molecular weight is 278 g/mol. The second-order valence-corrected chi connectivity index (χ2v) is 5.65. The number of carbonyl (C=O) groups is 2. The van der Waals surface area contributed by atoms with Gasteiger partial charge < -0.3 is 10.2 Å². The first-order chi connectivity index (χ1) is 9.49. The van der Waals surface area contributed by atoms with Gasteiger partial charge in [-0.25, -0.2) is 0 Å². The maximum absolute atomic E-state index is 12.4. The Balaban J connectivity index is 2.05. The lowest BCUT2D eigenvalue weighted by Gasteiger charge is -2.33. The summed E-state index contributed by atoms with van der Waals surface area (Å²) in [4.78, 5) is 25.7. The largest absolute Gasteiger partial charge is 0.343 e. The average Bonchev–Trinajstić information content (AvgIpc) is 2.82. The highest BCUT2D eigenvalue weighted by Gasteiger charge is 2.32. The van der Waals surface area contributed by atoms with Crippen LogP contribution in [0.5, 0.6) is 0 Å². The number of hydrogen-bond acceptors (Lipinski definition) is 3. The number of aromatic nitrogens is 2. The van der Waals surface area contributed by atoms with Crippen molar-refractivity contribution in [2.45, 2.75) is 46.3 Å². The van der Waals surface area contributed by atoms with Crippen LogP contribution in [0.4, 0.5) is 0 Å². The van der Waals surface area contributed by atoms with Gasteiger partial charge in [0.1, 0.15) is 6.04 Å². The molecular weight excluding hydrogens is 256 g/mol. The van der Waals surface area contributed by atoms with Gasteiger partial charge in [-0.3, -0.25) is 14.3 Å². The van der Waals surface area contributed by atoms with Gasteiger partial charge in [-0.2, -0.15) is 5.10 Å². The number of carbonyl (C=O) groups excluding carboxylic acids is 2. The standard InChI is InChI=1S/C14H22N4O2/c1-4-18-8-11(6-15-18)7-17-9-13(19)16-12(14(17)20)5-10(2)3/h6,8,10,12H,4-5,7,9H2,1-3H3,(H,16,19). The topological polar surface area (TPSA) is 67.2 Å². The molecule has 20 heavy (non-hydrogen) atoms. The molecule has 2 heterocycles. The molecule has 2 amide bonds. The molecule has 1 saturated heterocycles. The first-order valence-electron chi connectivity index (χ1n) is 7.09. The predicted molar refractivity (Wildman–Crippen MR) is 74.7 cm³/mol. The summed E-state index contributed by atoms with van der Waals surface area (Å²) in [5.74, 6) is 0.285. The molecule has 0 aromatic carbocycles. The molecule has 0 saturated carbocycles. The van der Waals surface area contributed by atoms with Crippen molar-refractivity contribution in [3.63, 3.8) is 0 Å². The molecule has 1 aromatic heterocycles. The van der Waals surface area contributed by atoms with Gasteiger partial charge >= 0.3 is 0 Å². The van der Waals surface area contributed by atoms with Crippen LogP contribution >= 0.6 is 0 Å². The summed E-state index contributed by atoms with van der Waals surface area (Å²) in [7, 11) is 0. The Morgan fingerprint density at radius 3 is 2.80 bits per heavy atom. The molecule has 1 aromatic rings. The van der Waals surface area contributed by atoms with Gasteiger partial charge in [-0.1, -0.05) is 13.8 Å². The van der Waals surface area contributed by atoms with Crippen LogP contribution < -0.4 is 5.32 Å². The SMILES string of the molecule is CCn1cc(CN2CC(=O)NC(CC(C)C)C2=O)cn1. The highest BCUT2D eigenvalue weighted by atomic mass is 16.2. The van der Waals surface area contributed by atoms with Gasteiger partial charge in [-0.15, -0.1) is 0 Å². The van der Waals surface area contributed by atoms with Crippen LogP contribution in [0, 0.1) is 5.92 Å². The smallest absolute Gasteiger partial charge is 0.245 e. The second kappa shape index (κ2) is 6.07. The molecule has 2 rings (SSSR count). The van der Waals surface area contributed by atoms with Crippen molar-refractivity contribution in [1.29, 1.82) is 0 Å². The van der Waals surface area contributed by atoms with Gasteiger partial charge in [-0.05, 0) is 19.3 Å². The third-order valence-corrected chi connectivity index (χ3v) is 3.37. The second-order valence-electron chi connectivity index (χ2n) is 5.65. The van der Waals surface area contributed by atoms with Gasteiger partial charge in [0.25, 0.3) is 0 Å². The zero-order chi connectivity index (χ0) is 14.7. The summed E-state index contributed by atoms with van der Waals surface area (Å²) in [5, 5.41) is 6.97. The van der Waals surface area contributed by atoms with E-state index in [1.54, 1.807) is 11.1 Å². The van der Waals surface area contributed by atoms with Crippen molar-refractivity contribution in [2.24, 2.45) is 5.92 Å². The van der Waals surface area contributed by atoms with E-state index in [9.17, 15) is 9.59 Å². The van der Waals surface area contributed by atoms with Gasteiger partial charge in [0.15, 0.2) is 0 Å². The minimum absolute atomic E-state index is 0.00236. The Labute approximate surface area is 119 Å². The van der Waals surface area contributed by atoms with Gasteiger partial charge in [0.05, 0.1) is 12.7 Å². The molecule has 1 fully saturated rings. The Kier molecular flexibility index (Phi) is 4.42. The Hall–Kier alpha value is -1.85. The molecule has 1 aliphatic heterocycles. The highest BCUT2D eigenvalue weighted by Crippen LogP contribution is 2.14. The van der Waals surface area contributed by atoms with E-state index in [2.05, 4.69) is 10.4 Å². The fraction of sp³-hybridized carbons (Fsp3) is 0.643. The normalized spacial score (nSPS) is 19.6. The molecule has 1 atom stereocenters. The number of amides is 2. The first-order valence-corrected chi connectivity index (χ1v) is 7.09. The van der Waals surface area contributed by atoms with Gasteiger partial charge in [0, 0.05) is 24.8 Å². The third kappa shape index (κ3) is 3.37. The van der Waals surface area contributed by atoms with Crippen LogP contribution in [0.1, 0.15) is 32.8 Å². The molecule has 1 unspecified atom stereocenters. The minimum Gasteiger partial charge on any atom is -0.343 e. The van der Waals surface area contributed by atoms with Crippen LogP contribution in [-0.2, 0) is 22.7 Å². The zero-order valence-corrected chi connectivity index (χ0v) is 12.3. The molecule has 1 aliphatic rings. The maximum atomic E-state index is 12.4. The Morgan fingerprint density at radius 2 is 2.20 bits per heavy atom. The van der Waals surface area contributed by atoms with E-state index in [1.165, 1.54) is 0 Å². The maximum Gasteiger partial charge on any atom is 0.245 e. The fourth-order valence-corrected chi connectivity index (χ4v) is 2.42. The fourth-order valence-electron chi connectivity index (χ4n) is 2.42. The monoisotopic (exact) mass is 278 g/mol.